The van der Waals surface area contributed by atoms with E-state index in [9.17, 15) is 13.2 Å². The van der Waals surface area contributed by atoms with Crippen LogP contribution in [0.15, 0.2) is 53.0 Å². The van der Waals surface area contributed by atoms with Crippen molar-refractivity contribution in [2.24, 2.45) is 0 Å². The number of hydrogen-bond acceptors (Lipinski definition) is 8. The number of ether oxygens (including phenoxy) is 3. The molecule has 0 N–H and O–H groups in total. The Kier molecular flexibility index (Phi) is 5.94. The van der Waals surface area contributed by atoms with Gasteiger partial charge in [0.2, 0.25) is 10.0 Å². The minimum atomic E-state index is -3.96. The molecule has 1 aliphatic heterocycles. The zero-order chi connectivity index (χ0) is 22.0. The number of carbonyl (C=O) groups is 1. The minimum absolute atomic E-state index is 0.0505. The Bertz CT molecular complexity index is 1210. The highest BCUT2D eigenvalue weighted by Gasteiger charge is 2.33. The highest BCUT2D eigenvalue weighted by molar-refractivity contribution is 7.89. The van der Waals surface area contributed by atoms with Gasteiger partial charge in [-0.2, -0.15) is 4.31 Å². The number of methoxy groups -OCH3 is 2. The Hall–Kier alpha value is -2.95. The number of rotatable bonds is 5. The summed E-state index contributed by atoms with van der Waals surface area (Å²) in [5, 5.41) is 1.56. The van der Waals surface area contributed by atoms with Crippen molar-refractivity contribution in [3.8, 4) is 22.6 Å². The van der Waals surface area contributed by atoms with E-state index in [4.69, 9.17) is 14.2 Å². The molecule has 0 fully saturated rings. The van der Waals surface area contributed by atoms with Gasteiger partial charge in [-0.3, -0.25) is 4.98 Å². The average Bonchev–Trinajstić information content (AvgIpc) is 3.19. The zero-order valence-electron chi connectivity index (χ0n) is 16.9. The summed E-state index contributed by atoms with van der Waals surface area (Å²) in [6.07, 6.45) is 3.41. The Morgan fingerprint density at radius 1 is 1.23 bits per heavy atom. The first kappa shape index (κ1) is 21.3. The van der Waals surface area contributed by atoms with E-state index in [2.05, 4.69) is 4.98 Å². The molecule has 3 aromatic rings. The molecule has 8 nitrogen and oxygen atoms in total. The van der Waals surface area contributed by atoms with E-state index in [0.29, 0.717) is 17.1 Å². The van der Waals surface area contributed by atoms with E-state index >= 15 is 0 Å². The van der Waals surface area contributed by atoms with Crippen LogP contribution in [-0.2, 0) is 21.3 Å². The summed E-state index contributed by atoms with van der Waals surface area (Å²) in [6.45, 7) is 0.337. The molecule has 1 aromatic carbocycles. The average molecular weight is 461 g/mol. The van der Waals surface area contributed by atoms with Crippen LogP contribution in [0, 0.1) is 0 Å². The van der Waals surface area contributed by atoms with Crippen LogP contribution < -0.4 is 9.47 Å². The number of thiophene rings is 1. The number of sulfonamides is 1. The van der Waals surface area contributed by atoms with Crippen molar-refractivity contribution in [3.63, 3.8) is 0 Å². The maximum Gasteiger partial charge on any atom is 0.349 e. The summed E-state index contributed by atoms with van der Waals surface area (Å²) in [4.78, 5) is 16.2. The Morgan fingerprint density at radius 2 is 2.06 bits per heavy atom. The van der Waals surface area contributed by atoms with E-state index < -0.39 is 16.0 Å². The molecule has 0 saturated carbocycles. The quantitative estimate of drug-likeness (QED) is 0.540. The molecule has 4 rings (SSSR count). The zero-order valence-corrected chi connectivity index (χ0v) is 18.5. The predicted octanol–water partition coefficient (Wildman–Crippen LogP) is 3.19. The van der Waals surface area contributed by atoms with Gasteiger partial charge in [0.25, 0.3) is 0 Å². The third-order valence-electron chi connectivity index (χ3n) is 4.90. The van der Waals surface area contributed by atoms with Crippen molar-refractivity contribution < 1.29 is 27.4 Å². The van der Waals surface area contributed by atoms with Crippen molar-refractivity contribution in [3.05, 3.63) is 58.5 Å². The molecule has 0 bridgehead atoms. The number of carbonyl (C=O) groups excluding carboxylic acids is 1. The fourth-order valence-corrected chi connectivity index (χ4v) is 6.11. The molecule has 2 aromatic heterocycles. The molecule has 31 heavy (non-hydrogen) atoms. The van der Waals surface area contributed by atoms with E-state index in [-0.39, 0.29) is 29.5 Å². The molecule has 162 valence electrons. The first-order valence-electron chi connectivity index (χ1n) is 9.35. The molecule has 0 aliphatic carbocycles. The van der Waals surface area contributed by atoms with Gasteiger partial charge in [-0.25, -0.2) is 13.2 Å². The standard InChI is InChI=1S/C21H20N2O6S2/c1-27-17-11-15(14-4-3-6-22-12-14)10-16-13-23(7-8-29-19(16)17)31(25,26)18-5-9-30-20(18)21(24)28-2/h3-6,9-12H,7-8,13H2,1-2H3. The van der Waals surface area contributed by atoms with Crippen molar-refractivity contribution in [1.82, 2.24) is 9.29 Å². The molecule has 0 unspecified atom stereocenters. The van der Waals surface area contributed by atoms with Gasteiger partial charge in [-0.05, 0) is 35.2 Å². The summed E-state index contributed by atoms with van der Waals surface area (Å²) in [5.41, 5.74) is 2.36. The van der Waals surface area contributed by atoms with Gasteiger partial charge in [0.05, 0.1) is 14.2 Å². The van der Waals surface area contributed by atoms with E-state index in [1.807, 2.05) is 24.3 Å². The van der Waals surface area contributed by atoms with Crippen LogP contribution in [0.4, 0.5) is 0 Å². The van der Waals surface area contributed by atoms with Crippen molar-refractivity contribution in [2.75, 3.05) is 27.4 Å². The fraction of sp³-hybridized carbons (Fsp3) is 0.238. The van der Waals surface area contributed by atoms with Crippen LogP contribution in [0.5, 0.6) is 11.5 Å². The van der Waals surface area contributed by atoms with Gasteiger partial charge in [-0.1, -0.05) is 6.07 Å². The molecule has 3 heterocycles. The van der Waals surface area contributed by atoms with Crippen molar-refractivity contribution >= 4 is 27.3 Å². The lowest BCUT2D eigenvalue weighted by atomic mass is 10.0. The van der Waals surface area contributed by atoms with Crippen LogP contribution in [0.1, 0.15) is 15.2 Å². The SMILES string of the molecule is COC(=O)c1sccc1S(=O)(=O)N1CCOc2c(cc(-c3cccnc3)cc2OC)C1. The highest BCUT2D eigenvalue weighted by atomic mass is 32.2. The largest absolute Gasteiger partial charge is 0.493 e. The van der Waals surface area contributed by atoms with Crippen LogP contribution in [0.2, 0.25) is 0 Å². The molecule has 0 radical (unpaired) electrons. The smallest absolute Gasteiger partial charge is 0.349 e. The van der Waals surface area contributed by atoms with Crippen LogP contribution in [0.3, 0.4) is 0 Å². The number of pyridine rings is 1. The molecule has 1 aliphatic rings. The van der Waals surface area contributed by atoms with Gasteiger partial charge in [-0.15, -0.1) is 11.3 Å². The second kappa shape index (κ2) is 8.66. The van der Waals surface area contributed by atoms with Crippen molar-refractivity contribution in [2.45, 2.75) is 11.4 Å². The van der Waals surface area contributed by atoms with E-state index in [1.54, 1.807) is 24.9 Å². The van der Waals surface area contributed by atoms with E-state index in [0.717, 1.165) is 22.5 Å². The van der Waals surface area contributed by atoms with Crippen LogP contribution in [0.25, 0.3) is 11.1 Å². The highest BCUT2D eigenvalue weighted by Crippen LogP contribution is 2.39. The molecule has 0 saturated heterocycles. The number of fused-ring (bicyclic) bond motifs is 1. The number of esters is 1. The minimum Gasteiger partial charge on any atom is -0.493 e. The lowest BCUT2D eigenvalue weighted by molar-refractivity contribution is 0.0602. The number of aromatic nitrogens is 1. The van der Waals surface area contributed by atoms with E-state index in [1.165, 1.54) is 17.5 Å². The molecule has 0 atom stereocenters. The lowest BCUT2D eigenvalue weighted by Gasteiger charge is -2.20. The second-order valence-electron chi connectivity index (χ2n) is 6.70. The molecular weight excluding hydrogens is 440 g/mol. The Labute approximate surface area is 184 Å². The maximum absolute atomic E-state index is 13.4. The second-order valence-corrected chi connectivity index (χ2v) is 9.52. The summed E-state index contributed by atoms with van der Waals surface area (Å²) in [7, 11) is -1.19. The van der Waals surface area contributed by atoms with Gasteiger partial charge in [0, 0.05) is 36.6 Å². The normalized spacial score (nSPS) is 14.3. The molecule has 10 heteroatoms. The van der Waals surface area contributed by atoms with Crippen LogP contribution >= 0.6 is 11.3 Å². The summed E-state index contributed by atoms with van der Waals surface area (Å²) < 4.78 is 44.2. The summed E-state index contributed by atoms with van der Waals surface area (Å²) in [5.74, 6) is 0.341. The lowest BCUT2D eigenvalue weighted by Crippen LogP contribution is -2.33. The van der Waals surface area contributed by atoms with Crippen molar-refractivity contribution in [1.29, 1.82) is 0 Å². The first-order chi connectivity index (χ1) is 15.0. The number of hydrogen-bond donors (Lipinski definition) is 0. The monoisotopic (exact) mass is 460 g/mol. The first-order valence-corrected chi connectivity index (χ1v) is 11.7. The number of benzene rings is 1. The third-order valence-corrected chi connectivity index (χ3v) is 7.81. The van der Waals surface area contributed by atoms with Gasteiger partial charge >= 0.3 is 5.97 Å². The topological polar surface area (TPSA) is 95.0 Å². The van der Waals surface area contributed by atoms with Crippen LogP contribution in [-0.4, -0.2) is 51.0 Å². The fourth-order valence-electron chi connectivity index (χ4n) is 3.40. The predicted molar refractivity (Wildman–Crippen MR) is 115 cm³/mol. The summed E-state index contributed by atoms with van der Waals surface area (Å²) >= 11 is 1.03. The molecule has 0 amide bonds. The Morgan fingerprint density at radius 3 is 2.77 bits per heavy atom. The molecule has 0 spiro atoms. The van der Waals surface area contributed by atoms with Gasteiger partial charge in [0.15, 0.2) is 11.5 Å². The summed E-state index contributed by atoms with van der Waals surface area (Å²) in [6, 6.07) is 8.87. The van der Waals surface area contributed by atoms with Gasteiger partial charge in [0.1, 0.15) is 16.4 Å². The Balaban J connectivity index is 1.76. The third kappa shape index (κ3) is 4.01. The maximum atomic E-state index is 13.4. The van der Waals surface area contributed by atoms with Gasteiger partial charge < -0.3 is 14.2 Å². The number of nitrogens with zero attached hydrogens (tertiary/aromatic N) is 2. The molecular formula is C21H20N2O6S2.